The molecule has 0 spiro atoms. The van der Waals surface area contributed by atoms with Crippen molar-refractivity contribution in [1.82, 2.24) is 0 Å². The Kier molecular flexibility index (Phi) is 3.28. The van der Waals surface area contributed by atoms with Crippen LogP contribution in [0.2, 0.25) is 0 Å². The van der Waals surface area contributed by atoms with E-state index in [9.17, 15) is 26.3 Å². The molecule has 72 valence electrons. The van der Waals surface area contributed by atoms with Gasteiger partial charge < -0.3 is 0 Å². The molecular weight excluding hydrogens is 209 g/mol. The van der Waals surface area contributed by atoms with Gasteiger partial charge in [-0.1, -0.05) is 0 Å². The molecule has 0 aliphatic heterocycles. The Morgan fingerprint density at radius 2 is 1.50 bits per heavy atom. The summed E-state index contributed by atoms with van der Waals surface area (Å²) >= 11 is 4.56. The van der Waals surface area contributed by atoms with Gasteiger partial charge in [0.25, 0.3) is 5.67 Å². The van der Waals surface area contributed by atoms with Gasteiger partial charge in [0.2, 0.25) is 0 Å². The summed E-state index contributed by atoms with van der Waals surface area (Å²) in [7, 11) is 0. The Balaban J connectivity index is 4.89. The monoisotopic (exact) mass is 212 g/mol. The third kappa shape index (κ3) is 1.78. The lowest BCUT2D eigenvalue weighted by atomic mass is 10.0. The quantitative estimate of drug-likeness (QED) is 0.487. The molecule has 2 unspecified atom stereocenters. The van der Waals surface area contributed by atoms with Crippen molar-refractivity contribution in [3.63, 3.8) is 0 Å². The highest BCUT2D eigenvalue weighted by Gasteiger charge is 2.66. The molecule has 0 aromatic carbocycles. The van der Waals surface area contributed by atoms with Crippen LogP contribution in [0.4, 0.5) is 26.3 Å². The van der Waals surface area contributed by atoms with E-state index >= 15 is 0 Å². The molecule has 0 fully saturated rings. The normalized spacial score (nSPS) is 20.8. The van der Waals surface area contributed by atoms with Crippen molar-refractivity contribution in [3.8, 4) is 0 Å². The van der Waals surface area contributed by atoms with Gasteiger partial charge in [-0.05, 0) is 6.92 Å². The zero-order valence-corrected chi connectivity index (χ0v) is 6.19. The number of halogens is 7. The fourth-order valence-electron chi connectivity index (χ4n) is 0.403. The van der Waals surface area contributed by atoms with Gasteiger partial charge >= 0.3 is 12.6 Å². The van der Waals surface area contributed by atoms with Gasteiger partial charge in [-0.25, -0.2) is 4.39 Å². The molecule has 2 radical (unpaired) electrons. The van der Waals surface area contributed by atoms with E-state index in [2.05, 4.69) is 18.5 Å². The van der Waals surface area contributed by atoms with Crippen LogP contribution in [-0.4, -0.2) is 17.2 Å². The van der Waals surface area contributed by atoms with Crippen molar-refractivity contribution in [2.24, 2.45) is 0 Å². The first-order valence-electron chi connectivity index (χ1n) is 2.55. The lowest BCUT2D eigenvalue weighted by Crippen LogP contribution is -2.50. The summed E-state index contributed by atoms with van der Waals surface area (Å²) in [4.78, 5) is 0. The minimum absolute atomic E-state index is 2.37. The van der Waals surface area contributed by atoms with Gasteiger partial charge in [-0.15, -0.1) is 11.6 Å². The number of rotatable bonds is 2. The Morgan fingerprint density at radius 1 is 1.17 bits per heavy atom. The summed E-state index contributed by atoms with van der Waals surface area (Å²) in [5, 5.41) is -2.61. The molecule has 0 heterocycles. The van der Waals surface area contributed by atoms with Gasteiger partial charge in [-0.2, -0.15) is 22.0 Å². The maximum absolute atomic E-state index is 12.4. The molecule has 0 bridgehead atoms. The van der Waals surface area contributed by atoms with Crippen molar-refractivity contribution >= 4 is 11.6 Å². The highest BCUT2D eigenvalue weighted by atomic mass is 35.5. The largest absolute Gasteiger partial charge is 0.430 e. The first-order chi connectivity index (χ1) is 5.14. The Hall–Kier alpha value is -0.130. The van der Waals surface area contributed by atoms with Crippen LogP contribution in [0, 0.1) is 13.3 Å². The molecule has 7 heteroatoms. The van der Waals surface area contributed by atoms with Crippen LogP contribution in [0.5, 0.6) is 0 Å². The molecular formula is C5H3ClF6. The Labute approximate surface area is 69.5 Å². The number of hydrogen-bond donors (Lipinski definition) is 0. The van der Waals surface area contributed by atoms with Gasteiger partial charge in [0.15, 0.2) is 0 Å². The molecule has 12 heavy (non-hydrogen) atoms. The topological polar surface area (TPSA) is 0 Å². The van der Waals surface area contributed by atoms with Crippen LogP contribution in [-0.2, 0) is 0 Å². The average molecular weight is 213 g/mol. The highest BCUT2D eigenvalue weighted by molar-refractivity contribution is 6.22. The summed E-state index contributed by atoms with van der Waals surface area (Å²) in [6.45, 7) is 2.37. The second-order valence-electron chi connectivity index (χ2n) is 1.94. The molecule has 0 rings (SSSR count). The molecule has 2 atom stereocenters. The van der Waals surface area contributed by atoms with Crippen LogP contribution >= 0.6 is 11.6 Å². The summed E-state index contributed by atoms with van der Waals surface area (Å²) in [5.74, 6) is 0. The second-order valence-corrected chi connectivity index (χ2v) is 2.46. The Morgan fingerprint density at radius 3 is 1.50 bits per heavy atom. The molecule has 0 nitrogen and oxygen atoms in total. The third-order valence-electron chi connectivity index (χ3n) is 1.12. The molecule has 0 N–H and O–H groups in total. The molecule has 0 amide bonds. The molecule has 0 aliphatic rings. The maximum atomic E-state index is 12.4. The van der Waals surface area contributed by atoms with Crippen LogP contribution in [0.25, 0.3) is 0 Å². The number of alkyl halides is 5. The van der Waals surface area contributed by atoms with E-state index in [1.54, 1.807) is 0 Å². The second kappa shape index (κ2) is 3.32. The van der Waals surface area contributed by atoms with Crippen molar-refractivity contribution in [2.45, 2.75) is 17.2 Å². The highest BCUT2D eigenvalue weighted by Crippen LogP contribution is 2.46. The lowest BCUT2D eigenvalue weighted by molar-refractivity contribution is -0.240. The molecule has 0 aliphatic carbocycles. The smallest absolute Gasteiger partial charge is 0.225 e. The lowest BCUT2D eigenvalue weighted by Gasteiger charge is -2.27. The first-order valence-corrected chi connectivity index (χ1v) is 2.99. The van der Waals surface area contributed by atoms with Crippen molar-refractivity contribution in [3.05, 3.63) is 13.3 Å². The van der Waals surface area contributed by atoms with Crippen LogP contribution in [0.1, 0.15) is 0 Å². The molecule has 0 saturated carbocycles. The molecule has 0 aromatic rings. The van der Waals surface area contributed by atoms with E-state index in [4.69, 9.17) is 0 Å². The summed E-state index contributed by atoms with van der Waals surface area (Å²) in [6, 6.07) is 0. The van der Waals surface area contributed by atoms with Crippen molar-refractivity contribution in [2.75, 3.05) is 0 Å². The van der Waals surface area contributed by atoms with E-state index in [0.717, 1.165) is 0 Å². The fraction of sp³-hybridized carbons (Fsp3) is 0.600. The van der Waals surface area contributed by atoms with Crippen LogP contribution in [0.3, 0.4) is 0 Å². The first kappa shape index (κ1) is 11.9. The minimum atomic E-state index is -5.75. The Bertz CT molecular complexity index is 143. The predicted octanol–water partition coefficient (Wildman–Crippen LogP) is 3.13. The third-order valence-corrected chi connectivity index (χ3v) is 1.42. The van der Waals surface area contributed by atoms with E-state index in [1.165, 1.54) is 0 Å². The summed E-state index contributed by atoms with van der Waals surface area (Å²) in [6.07, 6.45) is -9.19. The predicted molar refractivity (Wildman–Crippen MR) is 30.4 cm³/mol. The van der Waals surface area contributed by atoms with Crippen molar-refractivity contribution < 1.29 is 26.3 Å². The van der Waals surface area contributed by atoms with Gasteiger partial charge in [0, 0.05) is 0 Å². The zero-order valence-electron chi connectivity index (χ0n) is 5.43. The van der Waals surface area contributed by atoms with Gasteiger partial charge in [0.1, 0.15) is 0 Å². The average Bonchev–Trinajstić information content (AvgIpc) is 1.82. The SMILES string of the molecule is [CH2]C(Cl)C(F)([C](F)F)C(F)(F)F. The summed E-state index contributed by atoms with van der Waals surface area (Å²) < 4.78 is 70.3. The van der Waals surface area contributed by atoms with E-state index < -0.39 is 23.6 Å². The maximum Gasteiger partial charge on any atom is 0.430 e. The van der Waals surface area contributed by atoms with Gasteiger partial charge in [0.05, 0.1) is 5.38 Å². The number of hydrogen-bond acceptors (Lipinski definition) is 0. The summed E-state index contributed by atoms with van der Waals surface area (Å²) in [5.41, 5.74) is -4.82. The van der Waals surface area contributed by atoms with Gasteiger partial charge in [-0.3, -0.25) is 0 Å². The zero-order chi connectivity index (χ0) is 10.2. The van der Waals surface area contributed by atoms with E-state index in [1.807, 2.05) is 0 Å². The van der Waals surface area contributed by atoms with Crippen LogP contribution < -0.4 is 0 Å². The standard InChI is InChI=1S/C5H3ClF6/c1-2(6)4(9,3(7)8)5(10,11)12/h2H,1H2. The molecule has 0 aromatic heterocycles. The fourth-order valence-corrected chi connectivity index (χ4v) is 0.609. The van der Waals surface area contributed by atoms with E-state index in [0.29, 0.717) is 0 Å². The molecule has 0 saturated heterocycles. The van der Waals surface area contributed by atoms with Crippen molar-refractivity contribution in [1.29, 1.82) is 0 Å². The minimum Gasteiger partial charge on any atom is -0.225 e. The van der Waals surface area contributed by atoms with Crippen LogP contribution in [0.15, 0.2) is 0 Å². The van der Waals surface area contributed by atoms with E-state index in [-0.39, 0.29) is 0 Å².